The molecule has 1 unspecified atom stereocenters. The molecule has 0 radical (unpaired) electrons. The fourth-order valence-electron chi connectivity index (χ4n) is 5.38. The van der Waals surface area contributed by atoms with Gasteiger partial charge in [0.1, 0.15) is 0 Å². The Balaban J connectivity index is 1.55. The van der Waals surface area contributed by atoms with Crippen LogP contribution in [0.1, 0.15) is 46.5 Å². The van der Waals surface area contributed by atoms with E-state index in [4.69, 9.17) is 4.74 Å². The van der Waals surface area contributed by atoms with E-state index in [1.807, 2.05) is 26.0 Å². The van der Waals surface area contributed by atoms with E-state index >= 15 is 0 Å². The van der Waals surface area contributed by atoms with E-state index in [2.05, 4.69) is 41.6 Å². The lowest BCUT2D eigenvalue weighted by molar-refractivity contribution is -0.385. The number of hydrogen-bond donors (Lipinski definition) is 0. The highest BCUT2D eigenvalue weighted by Gasteiger charge is 2.36. The molecule has 2 aliphatic heterocycles. The Hall–Kier alpha value is -3.46. The molecule has 0 aromatic heterocycles. The predicted molar refractivity (Wildman–Crippen MR) is 153 cm³/mol. The number of non-ortho nitro benzene ring substituents is 1. The largest absolute Gasteiger partial charge is 0.416 e. The maximum atomic E-state index is 13.7. The summed E-state index contributed by atoms with van der Waals surface area (Å²) in [5, 5.41) is 11.4. The molecule has 0 N–H and O–H groups in total. The summed E-state index contributed by atoms with van der Waals surface area (Å²) < 4.78 is 46.2. The highest BCUT2D eigenvalue weighted by atomic mass is 19.4. The first kappa shape index (κ1) is 31.5. The number of piperazine rings is 1. The zero-order valence-corrected chi connectivity index (χ0v) is 24.5. The molecule has 4 rings (SSSR count). The first-order chi connectivity index (χ1) is 19.7. The van der Waals surface area contributed by atoms with Gasteiger partial charge in [-0.1, -0.05) is 30.0 Å². The number of alkyl halides is 3. The Morgan fingerprint density at radius 3 is 2.48 bits per heavy atom. The molecule has 8 nitrogen and oxygen atoms in total. The molecule has 0 spiro atoms. The Labute approximate surface area is 244 Å². The number of hydrogen-bond acceptors (Lipinski definition) is 6. The van der Waals surface area contributed by atoms with Crippen molar-refractivity contribution in [2.24, 2.45) is 0 Å². The number of halogens is 3. The average Bonchev–Trinajstić information content (AvgIpc) is 2.92. The van der Waals surface area contributed by atoms with E-state index in [1.165, 1.54) is 0 Å². The van der Waals surface area contributed by atoms with E-state index in [0.29, 0.717) is 57.9 Å². The molecule has 2 saturated heterocycles. The standard InChI is InChI=1S/C31H37F3N4O4/c1-22-7-8-24(15-23(22)2)16-28-20-35(9-5-6-10-36-13-14-42-21-30(36,3)4)11-12-37(28)29(39)25-17-26(31(32,33)34)19-27(18-25)38(40)41/h7-8,15,17-19,28H,9-14,16,20-21H2,1-4H3. The van der Waals surface area contributed by atoms with Crippen LogP contribution in [0.5, 0.6) is 0 Å². The SMILES string of the molecule is Cc1ccc(CC2CN(CC#CCN3CCOCC3(C)C)CCN2C(=O)c2cc([N+](=O)[O-])cc(C(F)(F)F)c2)cc1C. The number of ether oxygens (including phenoxy) is 1. The molecule has 226 valence electrons. The minimum Gasteiger partial charge on any atom is -0.378 e. The second-order valence-electron chi connectivity index (χ2n) is 11.7. The summed E-state index contributed by atoms with van der Waals surface area (Å²) in [5.74, 6) is 5.86. The third-order valence-electron chi connectivity index (χ3n) is 8.09. The molecule has 0 saturated carbocycles. The number of nitrogens with zero attached hydrogens (tertiary/aromatic N) is 4. The summed E-state index contributed by atoms with van der Waals surface area (Å²) in [5.41, 5.74) is 0.811. The predicted octanol–water partition coefficient (Wildman–Crippen LogP) is 4.71. The number of amides is 1. The van der Waals surface area contributed by atoms with E-state index in [1.54, 1.807) is 4.90 Å². The smallest absolute Gasteiger partial charge is 0.378 e. The monoisotopic (exact) mass is 586 g/mol. The van der Waals surface area contributed by atoms with E-state index in [-0.39, 0.29) is 23.7 Å². The van der Waals surface area contributed by atoms with Crippen LogP contribution in [-0.4, -0.2) is 89.6 Å². The summed E-state index contributed by atoms with van der Waals surface area (Å²) in [4.78, 5) is 30.1. The number of benzene rings is 2. The van der Waals surface area contributed by atoms with Crippen LogP contribution in [0.3, 0.4) is 0 Å². The lowest BCUT2D eigenvalue weighted by Gasteiger charge is -2.41. The molecule has 2 aromatic carbocycles. The fourth-order valence-corrected chi connectivity index (χ4v) is 5.38. The van der Waals surface area contributed by atoms with Gasteiger partial charge in [0, 0.05) is 55.5 Å². The zero-order chi connectivity index (χ0) is 30.7. The molecule has 0 bridgehead atoms. The van der Waals surface area contributed by atoms with Gasteiger partial charge in [-0.15, -0.1) is 0 Å². The quantitative estimate of drug-likeness (QED) is 0.277. The second kappa shape index (κ2) is 12.8. The van der Waals surface area contributed by atoms with Crippen LogP contribution >= 0.6 is 0 Å². The van der Waals surface area contributed by atoms with Crippen LogP contribution in [0.15, 0.2) is 36.4 Å². The number of carbonyl (C=O) groups is 1. The van der Waals surface area contributed by atoms with Gasteiger partial charge in [0.15, 0.2) is 0 Å². The number of morpholine rings is 1. The van der Waals surface area contributed by atoms with Gasteiger partial charge in [0.05, 0.1) is 36.8 Å². The first-order valence-electron chi connectivity index (χ1n) is 14.0. The summed E-state index contributed by atoms with van der Waals surface area (Å²) in [6.45, 7) is 12.7. The van der Waals surface area contributed by atoms with Gasteiger partial charge >= 0.3 is 6.18 Å². The topological polar surface area (TPSA) is 79.2 Å². The summed E-state index contributed by atoms with van der Waals surface area (Å²) >= 11 is 0. The second-order valence-corrected chi connectivity index (χ2v) is 11.7. The fraction of sp³-hybridized carbons (Fsp3) is 0.516. The minimum absolute atomic E-state index is 0.0886. The molecule has 2 fully saturated rings. The Bertz CT molecular complexity index is 1380. The molecule has 1 amide bonds. The lowest BCUT2D eigenvalue weighted by Crippen LogP contribution is -2.56. The van der Waals surface area contributed by atoms with Crippen molar-refractivity contribution in [3.05, 3.63) is 74.3 Å². The molecule has 2 aromatic rings. The van der Waals surface area contributed by atoms with Gasteiger partial charge < -0.3 is 9.64 Å². The van der Waals surface area contributed by atoms with E-state index in [0.717, 1.165) is 29.3 Å². The number of nitro benzene ring substituents is 1. The van der Waals surface area contributed by atoms with Gasteiger partial charge in [-0.2, -0.15) is 13.2 Å². The third kappa shape index (κ3) is 7.68. The first-order valence-corrected chi connectivity index (χ1v) is 14.0. The van der Waals surface area contributed by atoms with Crippen molar-refractivity contribution in [2.45, 2.75) is 51.9 Å². The lowest BCUT2D eigenvalue weighted by atomic mass is 9.97. The van der Waals surface area contributed by atoms with Crippen molar-refractivity contribution in [1.29, 1.82) is 0 Å². The van der Waals surface area contributed by atoms with Crippen molar-refractivity contribution in [2.75, 3.05) is 52.5 Å². The number of aryl methyl sites for hydroxylation is 2. The third-order valence-corrected chi connectivity index (χ3v) is 8.09. The van der Waals surface area contributed by atoms with Crippen molar-refractivity contribution in [1.82, 2.24) is 14.7 Å². The molecular formula is C31H37F3N4O4. The van der Waals surface area contributed by atoms with Crippen LogP contribution in [0.4, 0.5) is 18.9 Å². The number of carbonyl (C=O) groups excluding carboxylic acids is 1. The van der Waals surface area contributed by atoms with Crippen LogP contribution in [0, 0.1) is 35.8 Å². The van der Waals surface area contributed by atoms with Crippen LogP contribution in [0.2, 0.25) is 0 Å². The summed E-state index contributed by atoms with van der Waals surface area (Å²) in [6.07, 6.45) is -4.34. The van der Waals surface area contributed by atoms with E-state index < -0.39 is 28.3 Å². The molecule has 0 aliphatic carbocycles. The van der Waals surface area contributed by atoms with Crippen molar-refractivity contribution in [3.63, 3.8) is 0 Å². The van der Waals surface area contributed by atoms with Gasteiger partial charge in [-0.05, 0) is 56.9 Å². The van der Waals surface area contributed by atoms with Crippen molar-refractivity contribution in [3.8, 4) is 11.8 Å². The van der Waals surface area contributed by atoms with Gasteiger partial charge in [0.25, 0.3) is 11.6 Å². The zero-order valence-electron chi connectivity index (χ0n) is 24.5. The molecular weight excluding hydrogens is 549 g/mol. The van der Waals surface area contributed by atoms with Gasteiger partial charge in [0.2, 0.25) is 0 Å². The molecule has 1 atom stereocenters. The van der Waals surface area contributed by atoms with Crippen LogP contribution < -0.4 is 0 Å². The van der Waals surface area contributed by atoms with Crippen molar-refractivity contribution < 1.29 is 27.6 Å². The maximum absolute atomic E-state index is 13.7. The summed E-state index contributed by atoms with van der Waals surface area (Å²) in [7, 11) is 0. The Morgan fingerprint density at radius 1 is 1.07 bits per heavy atom. The van der Waals surface area contributed by atoms with E-state index in [9.17, 15) is 28.1 Å². The van der Waals surface area contributed by atoms with Gasteiger partial charge in [-0.3, -0.25) is 24.7 Å². The molecule has 11 heteroatoms. The normalized spacial score (nSPS) is 19.7. The molecule has 2 heterocycles. The maximum Gasteiger partial charge on any atom is 0.416 e. The van der Waals surface area contributed by atoms with Crippen LogP contribution in [-0.2, 0) is 17.3 Å². The molecule has 2 aliphatic rings. The Kier molecular flexibility index (Phi) is 9.60. The minimum atomic E-state index is -4.83. The Morgan fingerprint density at radius 2 is 1.81 bits per heavy atom. The van der Waals surface area contributed by atoms with Crippen LogP contribution in [0.25, 0.3) is 0 Å². The summed E-state index contributed by atoms with van der Waals surface area (Å²) in [6, 6.07) is 7.77. The highest BCUT2D eigenvalue weighted by Crippen LogP contribution is 2.33. The average molecular weight is 587 g/mol. The molecule has 42 heavy (non-hydrogen) atoms. The highest BCUT2D eigenvalue weighted by molar-refractivity contribution is 5.95. The van der Waals surface area contributed by atoms with Gasteiger partial charge in [-0.25, -0.2) is 0 Å². The van der Waals surface area contributed by atoms with Crippen molar-refractivity contribution >= 4 is 11.6 Å². The number of nitro groups is 1. The number of rotatable bonds is 6.